The number of aromatic nitrogens is 2. The van der Waals surface area contributed by atoms with Crippen molar-refractivity contribution in [3.05, 3.63) is 42.0 Å². The second-order valence-corrected chi connectivity index (χ2v) is 3.57. The molecule has 2 aromatic heterocycles. The molecular formula is C11H8AlFN2O. The molecule has 0 aliphatic heterocycles. The van der Waals surface area contributed by atoms with Crippen LogP contribution in [0.25, 0.3) is 11.4 Å². The standard InChI is InChI=1S/C11H9FN2O.Al/c1-7-2-3-9(13-5-7)11-10(15)4-8(12)6-14-11;/h2-6,15H,1H3;/q;+1/p-1. The molecule has 0 aliphatic carbocycles. The minimum atomic E-state index is -0.437. The molecule has 0 spiro atoms. The van der Waals surface area contributed by atoms with Gasteiger partial charge in [0.15, 0.2) is 0 Å². The van der Waals surface area contributed by atoms with Crippen molar-refractivity contribution in [3.63, 3.8) is 0 Å². The number of rotatable bonds is 2. The predicted molar refractivity (Wildman–Crippen MR) is 58.5 cm³/mol. The zero-order valence-electron chi connectivity index (χ0n) is 8.64. The van der Waals surface area contributed by atoms with Crippen molar-refractivity contribution < 1.29 is 8.18 Å². The van der Waals surface area contributed by atoms with E-state index in [0.717, 1.165) is 11.8 Å². The van der Waals surface area contributed by atoms with E-state index in [4.69, 9.17) is 3.79 Å². The molecule has 0 bridgehead atoms. The summed E-state index contributed by atoms with van der Waals surface area (Å²) in [7, 11) is 0. The number of halogens is 1. The zero-order chi connectivity index (χ0) is 11.5. The third kappa shape index (κ3) is 2.21. The molecule has 0 amide bonds. The second kappa shape index (κ2) is 4.60. The second-order valence-electron chi connectivity index (χ2n) is 3.34. The van der Waals surface area contributed by atoms with Gasteiger partial charge in [-0.2, -0.15) is 0 Å². The van der Waals surface area contributed by atoms with Crippen LogP contribution < -0.4 is 3.79 Å². The van der Waals surface area contributed by atoms with Gasteiger partial charge in [0.2, 0.25) is 0 Å². The van der Waals surface area contributed by atoms with Crippen LogP contribution in [-0.2, 0) is 0 Å². The fourth-order valence-corrected chi connectivity index (χ4v) is 1.49. The van der Waals surface area contributed by atoms with E-state index >= 15 is 0 Å². The van der Waals surface area contributed by atoms with E-state index < -0.39 is 5.82 Å². The van der Waals surface area contributed by atoms with Gasteiger partial charge in [0.1, 0.15) is 17.3 Å². The Hall–Kier alpha value is -1.44. The molecule has 0 saturated carbocycles. The Labute approximate surface area is 101 Å². The van der Waals surface area contributed by atoms with Gasteiger partial charge in [-0.1, -0.05) is 6.07 Å². The Morgan fingerprint density at radius 1 is 1.25 bits per heavy atom. The molecule has 0 N–H and O–H groups in total. The maximum Gasteiger partial charge on any atom is 0.482 e. The van der Waals surface area contributed by atoms with Crippen LogP contribution in [0, 0.1) is 12.7 Å². The number of pyridine rings is 2. The Morgan fingerprint density at radius 2 is 2.06 bits per heavy atom. The van der Waals surface area contributed by atoms with Crippen LogP contribution in [0.4, 0.5) is 4.39 Å². The summed E-state index contributed by atoms with van der Waals surface area (Å²) in [5.41, 5.74) is 2.23. The molecule has 0 aromatic carbocycles. The minimum Gasteiger partial charge on any atom is -0.652 e. The first-order valence-electron chi connectivity index (χ1n) is 4.66. The Kier molecular flexibility index (Phi) is 3.18. The van der Waals surface area contributed by atoms with E-state index in [1.54, 1.807) is 6.20 Å². The largest absolute Gasteiger partial charge is 0.652 e. The summed E-state index contributed by atoms with van der Waals surface area (Å²) in [4.78, 5) is 8.19. The summed E-state index contributed by atoms with van der Waals surface area (Å²) < 4.78 is 17.9. The van der Waals surface area contributed by atoms with Crippen LogP contribution >= 0.6 is 0 Å². The number of aryl methyl sites for hydroxylation is 1. The van der Waals surface area contributed by atoms with Gasteiger partial charge in [-0.25, -0.2) is 9.37 Å². The lowest BCUT2D eigenvalue weighted by Gasteiger charge is -2.08. The van der Waals surface area contributed by atoms with E-state index in [9.17, 15) is 4.39 Å². The summed E-state index contributed by atoms with van der Waals surface area (Å²) in [6, 6.07) is 5.01. The fourth-order valence-electron chi connectivity index (χ4n) is 1.31. The molecule has 2 heterocycles. The third-order valence-electron chi connectivity index (χ3n) is 2.10. The van der Waals surface area contributed by atoms with Crippen LogP contribution in [0.15, 0.2) is 30.6 Å². The van der Waals surface area contributed by atoms with Crippen LogP contribution in [0.3, 0.4) is 0 Å². The van der Waals surface area contributed by atoms with Gasteiger partial charge in [0, 0.05) is 12.3 Å². The van der Waals surface area contributed by atoms with Crippen LogP contribution in [-0.4, -0.2) is 26.6 Å². The molecule has 2 aromatic rings. The number of hydrogen-bond acceptors (Lipinski definition) is 3. The summed E-state index contributed by atoms with van der Waals surface area (Å²) >= 11 is 2.08. The maximum absolute atomic E-state index is 12.9. The van der Waals surface area contributed by atoms with E-state index in [0.29, 0.717) is 17.1 Å². The molecule has 78 valence electrons. The van der Waals surface area contributed by atoms with Gasteiger partial charge in [-0.05, 0) is 18.6 Å². The van der Waals surface area contributed by atoms with Crippen molar-refractivity contribution in [2.45, 2.75) is 6.92 Å². The smallest absolute Gasteiger partial charge is 0.482 e. The minimum absolute atomic E-state index is 0.348. The quantitative estimate of drug-likeness (QED) is 0.740. The Morgan fingerprint density at radius 3 is 2.69 bits per heavy atom. The fraction of sp³-hybridized carbons (Fsp3) is 0.0909. The van der Waals surface area contributed by atoms with Gasteiger partial charge >= 0.3 is 16.6 Å². The van der Waals surface area contributed by atoms with Crippen molar-refractivity contribution in [1.29, 1.82) is 0 Å². The summed E-state index contributed by atoms with van der Waals surface area (Å²) in [6.07, 6.45) is 2.87. The summed E-state index contributed by atoms with van der Waals surface area (Å²) in [6.45, 7) is 1.95. The molecule has 0 unspecified atom stereocenters. The molecule has 0 saturated heterocycles. The topological polar surface area (TPSA) is 35.0 Å². The average Bonchev–Trinajstić information content (AvgIpc) is 2.30. The van der Waals surface area contributed by atoms with Gasteiger partial charge in [-0.15, -0.1) is 0 Å². The lowest BCUT2D eigenvalue weighted by atomic mass is 10.2. The Balaban J connectivity index is 2.51. The first-order chi connectivity index (χ1) is 7.70. The van der Waals surface area contributed by atoms with Crippen LogP contribution in [0.5, 0.6) is 5.75 Å². The molecule has 0 fully saturated rings. The molecule has 2 radical (unpaired) electrons. The monoisotopic (exact) mass is 230 g/mol. The van der Waals surface area contributed by atoms with Crippen molar-refractivity contribution in [3.8, 4) is 17.1 Å². The van der Waals surface area contributed by atoms with E-state index in [1.165, 1.54) is 6.07 Å². The van der Waals surface area contributed by atoms with E-state index in [1.807, 2.05) is 19.1 Å². The molecule has 3 nitrogen and oxygen atoms in total. The normalized spacial score (nSPS) is 10.1. The SMILES string of the molecule is Cc1ccc(-c2ncc(F)cc2[O][Al])nc1. The summed E-state index contributed by atoms with van der Waals surface area (Å²) in [5, 5.41) is 0. The van der Waals surface area contributed by atoms with Crippen LogP contribution in [0.2, 0.25) is 0 Å². The third-order valence-corrected chi connectivity index (χ3v) is 2.35. The number of nitrogens with zero attached hydrogens (tertiary/aromatic N) is 2. The molecule has 5 heteroatoms. The zero-order valence-corrected chi connectivity index (χ0v) is 9.80. The first-order valence-corrected chi connectivity index (χ1v) is 5.13. The lowest BCUT2D eigenvalue weighted by molar-refractivity contribution is 0.580. The van der Waals surface area contributed by atoms with Gasteiger partial charge in [0.25, 0.3) is 0 Å². The molecule has 16 heavy (non-hydrogen) atoms. The van der Waals surface area contributed by atoms with Crippen molar-refractivity contribution in [1.82, 2.24) is 9.97 Å². The van der Waals surface area contributed by atoms with Gasteiger partial charge < -0.3 is 3.79 Å². The predicted octanol–water partition coefficient (Wildman–Crippen LogP) is 2.05. The van der Waals surface area contributed by atoms with E-state index in [2.05, 4.69) is 26.6 Å². The molecule has 2 rings (SSSR count). The van der Waals surface area contributed by atoms with Gasteiger partial charge in [-0.3, -0.25) is 4.98 Å². The van der Waals surface area contributed by atoms with Crippen molar-refractivity contribution in [2.75, 3.05) is 0 Å². The number of hydrogen-bond donors (Lipinski definition) is 0. The van der Waals surface area contributed by atoms with Crippen molar-refractivity contribution in [2.24, 2.45) is 0 Å². The van der Waals surface area contributed by atoms with Crippen molar-refractivity contribution >= 4 is 16.6 Å². The highest BCUT2D eigenvalue weighted by molar-refractivity contribution is 6.00. The molecule has 0 aliphatic rings. The highest BCUT2D eigenvalue weighted by atomic mass is 27.1. The lowest BCUT2D eigenvalue weighted by Crippen LogP contribution is -1.95. The summed E-state index contributed by atoms with van der Waals surface area (Å²) in [5.74, 6) is -0.0883. The highest BCUT2D eigenvalue weighted by Gasteiger charge is 2.08. The molecular weight excluding hydrogens is 222 g/mol. The molecule has 0 atom stereocenters. The highest BCUT2D eigenvalue weighted by Crippen LogP contribution is 2.26. The van der Waals surface area contributed by atoms with E-state index in [-0.39, 0.29) is 0 Å². The first kappa shape index (κ1) is 11.1. The Bertz CT molecular complexity index is 502. The maximum atomic E-state index is 12.9. The average molecular weight is 230 g/mol. The van der Waals surface area contributed by atoms with Crippen LogP contribution in [0.1, 0.15) is 5.56 Å². The van der Waals surface area contributed by atoms with Gasteiger partial charge in [0.05, 0.1) is 11.9 Å².